The molecule has 0 amide bonds. The van der Waals surface area contributed by atoms with E-state index >= 15 is 0 Å². The van der Waals surface area contributed by atoms with E-state index < -0.39 is 26.2 Å². The van der Waals surface area contributed by atoms with Crippen LogP contribution in [0.3, 0.4) is 0 Å². The standard InChI is InChI=1S/C26H36N2O6S2/c1-34-25-11-13-26(14-12-25)36(32,33)27(18-22-9-5-6-10-22)19-24(29)20-28-23(15-16-35(28,30)31)17-21-7-3-2-4-8-21/h2-4,7-8,11-14,22-24,29H,5-6,9-10,15-20H2,1H3/t23-,24?/m1/s1. The van der Waals surface area contributed by atoms with Crippen LogP contribution in [0.25, 0.3) is 0 Å². The summed E-state index contributed by atoms with van der Waals surface area (Å²) in [5.74, 6) is 0.819. The zero-order chi connectivity index (χ0) is 25.8. The molecule has 0 radical (unpaired) electrons. The quantitative estimate of drug-likeness (QED) is 0.474. The van der Waals surface area contributed by atoms with Gasteiger partial charge in [-0.2, -0.15) is 8.61 Å². The van der Waals surface area contributed by atoms with Gasteiger partial charge in [-0.05, 0) is 61.4 Å². The van der Waals surface area contributed by atoms with Crippen molar-refractivity contribution in [3.8, 4) is 5.75 Å². The number of aliphatic hydroxyl groups excluding tert-OH is 1. The lowest BCUT2D eigenvalue weighted by Gasteiger charge is -2.30. The summed E-state index contributed by atoms with van der Waals surface area (Å²) in [4.78, 5) is 0.129. The number of ether oxygens (including phenoxy) is 1. The molecule has 2 aliphatic rings. The molecule has 2 atom stereocenters. The van der Waals surface area contributed by atoms with Crippen LogP contribution in [0, 0.1) is 5.92 Å². The van der Waals surface area contributed by atoms with E-state index in [1.807, 2.05) is 30.3 Å². The molecular formula is C26H36N2O6S2. The Kier molecular flexibility index (Phi) is 8.72. The van der Waals surface area contributed by atoms with Crippen LogP contribution in [-0.4, -0.2) is 75.2 Å². The molecule has 36 heavy (non-hydrogen) atoms. The third kappa shape index (κ3) is 6.47. The summed E-state index contributed by atoms with van der Waals surface area (Å²) in [7, 11) is -5.88. The largest absolute Gasteiger partial charge is 0.497 e. The first-order valence-electron chi connectivity index (χ1n) is 12.5. The zero-order valence-electron chi connectivity index (χ0n) is 20.7. The molecule has 0 spiro atoms. The first kappa shape index (κ1) is 27.1. The topological polar surface area (TPSA) is 104 Å². The molecule has 1 saturated heterocycles. The first-order chi connectivity index (χ1) is 17.2. The number of β-amino-alcohol motifs (C(OH)–C–C–N with tert-alkyl or cyclic N) is 1. The maximum atomic E-state index is 13.6. The molecule has 2 aromatic carbocycles. The van der Waals surface area contributed by atoms with Gasteiger partial charge in [0.05, 0.1) is 23.9 Å². The molecule has 10 heteroatoms. The first-order valence-corrected chi connectivity index (χ1v) is 15.6. The van der Waals surface area contributed by atoms with Crippen molar-refractivity contribution in [1.82, 2.24) is 8.61 Å². The summed E-state index contributed by atoms with van der Waals surface area (Å²) in [5.41, 5.74) is 1.03. The van der Waals surface area contributed by atoms with E-state index in [9.17, 15) is 21.9 Å². The molecule has 1 unspecified atom stereocenters. The summed E-state index contributed by atoms with van der Waals surface area (Å²) < 4.78 is 60.6. The Morgan fingerprint density at radius 3 is 2.36 bits per heavy atom. The normalized spacial score (nSPS) is 21.7. The molecule has 2 aromatic rings. The Morgan fingerprint density at radius 1 is 1.06 bits per heavy atom. The summed E-state index contributed by atoms with van der Waals surface area (Å²) in [6.07, 6.45) is 3.93. The average molecular weight is 537 g/mol. The minimum atomic E-state index is -3.88. The maximum Gasteiger partial charge on any atom is 0.243 e. The lowest BCUT2D eigenvalue weighted by atomic mass is 10.0. The molecule has 4 rings (SSSR count). The van der Waals surface area contributed by atoms with Crippen LogP contribution in [0.2, 0.25) is 0 Å². The fourth-order valence-corrected chi connectivity index (χ4v) is 8.67. The second-order valence-corrected chi connectivity index (χ2v) is 13.8. The molecule has 0 bridgehead atoms. The summed E-state index contributed by atoms with van der Waals surface area (Å²) in [6, 6.07) is 15.6. The summed E-state index contributed by atoms with van der Waals surface area (Å²) in [5, 5.41) is 11.0. The Labute approximate surface area is 215 Å². The number of benzene rings is 2. The van der Waals surface area contributed by atoms with Crippen LogP contribution in [0.5, 0.6) is 5.75 Å². The van der Waals surface area contributed by atoms with Crippen molar-refractivity contribution in [2.24, 2.45) is 5.92 Å². The van der Waals surface area contributed by atoms with Crippen molar-refractivity contribution in [3.63, 3.8) is 0 Å². The lowest BCUT2D eigenvalue weighted by molar-refractivity contribution is 0.110. The van der Waals surface area contributed by atoms with E-state index in [-0.39, 0.29) is 35.7 Å². The van der Waals surface area contributed by atoms with Crippen molar-refractivity contribution in [1.29, 1.82) is 0 Å². The van der Waals surface area contributed by atoms with Crippen molar-refractivity contribution in [2.75, 3.05) is 32.5 Å². The Balaban J connectivity index is 1.51. The lowest BCUT2D eigenvalue weighted by Crippen LogP contribution is -2.46. The van der Waals surface area contributed by atoms with E-state index in [1.165, 1.54) is 27.9 Å². The Bertz CT molecular complexity index is 1200. The second kappa shape index (κ2) is 11.6. The van der Waals surface area contributed by atoms with Crippen LogP contribution >= 0.6 is 0 Å². The molecule has 1 aliphatic heterocycles. The highest BCUT2D eigenvalue weighted by atomic mass is 32.2. The number of aliphatic hydroxyl groups is 1. The van der Waals surface area contributed by atoms with Crippen molar-refractivity contribution >= 4 is 20.0 Å². The SMILES string of the molecule is COc1ccc(S(=O)(=O)N(CC(O)CN2[C@@H](Cc3ccccc3)CCS2(=O)=O)CC2CCCC2)cc1. The molecule has 198 valence electrons. The predicted octanol–water partition coefficient (Wildman–Crippen LogP) is 2.88. The van der Waals surface area contributed by atoms with Gasteiger partial charge in [-0.15, -0.1) is 0 Å². The van der Waals surface area contributed by atoms with E-state index in [1.54, 1.807) is 12.1 Å². The highest BCUT2D eigenvalue weighted by molar-refractivity contribution is 7.89. The van der Waals surface area contributed by atoms with Gasteiger partial charge in [0.15, 0.2) is 0 Å². The second-order valence-electron chi connectivity index (χ2n) is 9.82. The van der Waals surface area contributed by atoms with Crippen LogP contribution in [0.1, 0.15) is 37.7 Å². The summed E-state index contributed by atoms with van der Waals surface area (Å²) >= 11 is 0. The molecule has 8 nitrogen and oxygen atoms in total. The fourth-order valence-electron chi connectivity index (χ4n) is 5.28. The van der Waals surface area contributed by atoms with Gasteiger partial charge in [0.25, 0.3) is 0 Å². The van der Waals surface area contributed by atoms with Gasteiger partial charge in [0, 0.05) is 25.7 Å². The van der Waals surface area contributed by atoms with Crippen LogP contribution in [0.15, 0.2) is 59.5 Å². The van der Waals surface area contributed by atoms with Gasteiger partial charge in [0.1, 0.15) is 5.75 Å². The fraction of sp³-hybridized carbons (Fsp3) is 0.538. The number of hydrogen-bond donors (Lipinski definition) is 1. The van der Waals surface area contributed by atoms with Gasteiger partial charge >= 0.3 is 0 Å². The number of rotatable bonds is 11. The molecule has 1 N–H and O–H groups in total. The molecular weight excluding hydrogens is 500 g/mol. The molecule has 1 heterocycles. The monoisotopic (exact) mass is 536 g/mol. The van der Waals surface area contributed by atoms with E-state index in [0.29, 0.717) is 25.1 Å². The van der Waals surface area contributed by atoms with E-state index in [2.05, 4.69) is 0 Å². The zero-order valence-corrected chi connectivity index (χ0v) is 22.3. The number of sulfonamides is 2. The summed E-state index contributed by atoms with van der Waals surface area (Å²) in [6.45, 7) is 0.0275. The number of hydrogen-bond acceptors (Lipinski definition) is 6. The van der Waals surface area contributed by atoms with Gasteiger partial charge in [-0.25, -0.2) is 16.8 Å². The third-order valence-corrected chi connectivity index (χ3v) is 11.0. The van der Waals surface area contributed by atoms with Gasteiger partial charge < -0.3 is 9.84 Å². The van der Waals surface area contributed by atoms with Crippen molar-refractivity contribution < 1.29 is 26.7 Å². The third-order valence-electron chi connectivity index (χ3n) is 7.23. The average Bonchev–Trinajstić information content (AvgIpc) is 3.48. The van der Waals surface area contributed by atoms with Gasteiger partial charge in [0.2, 0.25) is 20.0 Å². The van der Waals surface area contributed by atoms with E-state index in [0.717, 1.165) is 31.2 Å². The van der Waals surface area contributed by atoms with Gasteiger partial charge in [-0.1, -0.05) is 43.2 Å². The highest BCUT2D eigenvalue weighted by Crippen LogP contribution is 2.29. The molecule has 1 saturated carbocycles. The van der Waals surface area contributed by atoms with Crippen LogP contribution in [-0.2, 0) is 26.5 Å². The number of nitrogens with zero attached hydrogens (tertiary/aromatic N) is 2. The molecule has 0 aromatic heterocycles. The maximum absolute atomic E-state index is 13.6. The highest BCUT2D eigenvalue weighted by Gasteiger charge is 2.39. The van der Waals surface area contributed by atoms with Gasteiger partial charge in [-0.3, -0.25) is 0 Å². The van der Waals surface area contributed by atoms with Crippen molar-refractivity contribution in [2.45, 2.75) is 55.6 Å². The number of methoxy groups -OCH3 is 1. The van der Waals surface area contributed by atoms with Crippen LogP contribution < -0.4 is 4.74 Å². The minimum Gasteiger partial charge on any atom is -0.497 e. The van der Waals surface area contributed by atoms with Crippen LogP contribution in [0.4, 0.5) is 0 Å². The Morgan fingerprint density at radius 2 is 1.72 bits per heavy atom. The smallest absolute Gasteiger partial charge is 0.243 e. The minimum absolute atomic E-state index is 0.0349. The Hall–Kier alpha value is -1.98. The molecule has 2 fully saturated rings. The predicted molar refractivity (Wildman–Crippen MR) is 139 cm³/mol. The van der Waals surface area contributed by atoms with E-state index in [4.69, 9.17) is 4.74 Å². The molecule has 1 aliphatic carbocycles. The van der Waals surface area contributed by atoms with Crippen molar-refractivity contribution in [3.05, 3.63) is 60.2 Å².